The first-order valence-electron chi connectivity index (χ1n) is 12.7. The van der Waals surface area contributed by atoms with E-state index in [1.54, 1.807) is 25.3 Å². The first-order valence-corrected chi connectivity index (χ1v) is 12.7. The maximum Gasteiger partial charge on any atom is 0.314 e. The molecule has 0 bridgehead atoms. The molecule has 1 aromatic rings. The van der Waals surface area contributed by atoms with Crippen molar-refractivity contribution in [3.05, 3.63) is 36.4 Å². The van der Waals surface area contributed by atoms with Crippen molar-refractivity contribution in [2.75, 3.05) is 7.11 Å². The molecular weight excluding hydrogens is 414 g/mol. The van der Waals surface area contributed by atoms with E-state index in [9.17, 15) is 9.59 Å². The van der Waals surface area contributed by atoms with Gasteiger partial charge in [0.25, 0.3) is 0 Å². The molecule has 0 saturated heterocycles. The standard InChI is InChI=1S/C28H37NO4/c1-5-17-16-23-28(3,15-13-24(30)29-23)21-12-14-27(2)20(25(17)21)10-11-22(27)26(31)33-19-8-6-18(32-4)7-9-19/h6-9,13,15,17,20-23,25H,5,10-12,14,16H2,1-4H3,(H,29,30)/t17-,20-,21-,22+,23+,25-,27-,28+/m0/s1. The average molecular weight is 452 g/mol. The van der Waals surface area contributed by atoms with E-state index >= 15 is 0 Å². The number of methoxy groups -OCH3 is 1. The van der Waals surface area contributed by atoms with Gasteiger partial charge in [-0.05, 0) is 91.5 Å². The highest BCUT2D eigenvalue weighted by atomic mass is 16.5. The van der Waals surface area contributed by atoms with Gasteiger partial charge in [0, 0.05) is 11.5 Å². The molecule has 5 heteroatoms. The first kappa shape index (κ1) is 22.5. The summed E-state index contributed by atoms with van der Waals surface area (Å²) in [5.41, 5.74) is -0.0176. The van der Waals surface area contributed by atoms with Crippen molar-refractivity contribution in [3.63, 3.8) is 0 Å². The lowest BCUT2D eigenvalue weighted by Gasteiger charge is -2.61. The number of carbonyl (C=O) groups excluding carboxylic acids is 2. The van der Waals surface area contributed by atoms with Gasteiger partial charge in [0.05, 0.1) is 13.0 Å². The number of hydrogen-bond acceptors (Lipinski definition) is 4. The zero-order valence-corrected chi connectivity index (χ0v) is 20.3. The molecule has 0 unspecified atom stereocenters. The van der Waals surface area contributed by atoms with Crippen molar-refractivity contribution in [3.8, 4) is 11.5 Å². The van der Waals surface area contributed by atoms with E-state index in [1.165, 1.54) is 0 Å². The number of carbonyl (C=O) groups is 2. The number of ether oxygens (including phenoxy) is 2. The van der Waals surface area contributed by atoms with Gasteiger partial charge in [0.1, 0.15) is 11.5 Å². The molecule has 1 heterocycles. The van der Waals surface area contributed by atoms with Gasteiger partial charge in [0.15, 0.2) is 0 Å². The summed E-state index contributed by atoms with van der Waals surface area (Å²) in [5, 5.41) is 3.28. The van der Waals surface area contributed by atoms with E-state index in [1.807, 2.05) is 12.1 Å². The smallest absolute Gasteiger partial charge is 0.314 e. The summed E-state index contributed by atoms with van der Waals surface area (Å²) in [4.78, 5) is 25.5. The fourth-order valence-corrected chi connectivity index (χ4v) is 8.14. The summed E-state index contributed by atoms with van der Waals surface area (Å²) in [6.45, 7) is 6.99. The Balaban J connectivity index is 1.39. The molecule has 1 amide bonds. The summed E-state index contributed by atoms with van der Waals surface area (Å²) in [5.74, 6) is 3.50. The Morgan fingerprint density at radius 1 is 1.09 bits per heavy atom. The lowest BCUT2D eigenvalue weighted by atomic mass is 9.45. The number of esters is 1. The largest absolute Gasteiger partial charge is 0.497 e. The van der Waals surface area contributed by atoms with Crippen LogP contribution in [0.5, 0.6) is 11.5 Å². The predicted molar refractivity (Wildman–Crippen MR) is 127 cm³/mol. The Kier molecular flexibility index (Phi) is 5.57. The van der Waals surface area contributed by atoms with Crippen LogP contribution in [0.15, 0.2) is 36.4 Å². The van der Waals surface area contributed by atoms with E-state index in [0.717, 1.165) is 44.3 Å². The zero-order chi connectivity index (χ0) is 23.4. The van der Waals surface area contributed by atoms with E-state index < -0.39 is 0 Å². The molecule has 5 rings (SSSR count). The molecule has 4 aliphatic rings. The molecule has 0 radical (unpaired) electrons. The quantitative estimate of drug-likeness (QED) is 0.508. The first-order chi connectivity index (χ1) is 15.8. The molecular formula is C28H37NO4. The summed E-state index contributed by atoms with van der Waals surface area (Å²) < 4.78 is 11.1. The highest BCUT2D eigenvalue weighted by Crippen LogP contribution is 2.66. The number of hydrogen-bond donors (Lipinski definition) is 1. The number of fused-ring (bicyclic) bond motifs is 5. The minimum Gasteiger partial charge on any atom is -0.497 e. The van der Waals surface area contributed by atoms with Gasteiger partial charge >= 0.3 is 5.97 Å². The molecule has 0 spiro atoms. The molecule has 178 valence electrons. The normalized spacial score (nSPS) is 41.4. The molecule has 1 aromatic carbocycles. The molecule has 33 heavy (non-hydrogen) atoms. The lowest BCUT2D eigenvalue weighted by Crippen LogP contribution is -2.62. The molecule has 3 saturated carbocycles. The second-order valence-electron chi connectivity index (χ2n) is 11.2. The van der Waals surface area contributed by atoms with Crippen LogP contribution >= 0.6 is 0 Å². The monoisotopic (exact) mass is 451 g/mol. The minimum absolute atomic E-state index is 0.00721. The maximum absolute atomic E-state index is 13.4. The summed E-state index contributed by atoms with van der Waals surface area (Å²) in [7, 11) is 1.63. The summed E-state index contributed by atoms with van der Waals surface area (Å²) in [6, 6.07) is 7.49. The predicted octanol–water partition coefficient (Wildman–Crippen LogP) is 5.15. The van der Waals surface area contributed by atoms with Crippen LogP contribution in [-0.4, -0.2) is 25.0 Å². The van der Waals surface area contributed by atoms with Crippen molar-refractivity contribution in [2.45, 2.75) is 65.3 Å². The fraction of sp³-hybridized carbons (Fsp3) is 0.643. The molecule has 0 aromatic heterocycles. The van der Waals surface area contributed by atoms with Crippen LogP contribution in [0.1, 0.15) is 59.3 Å². The number of nitrogens with one attached hydrogen (secondary N) is 1. The molecule has 3 aliphatic carbocycles. The van der Waals surface area contributed by atoms with Gasteiger partial charge < -0.3 is 14.8 Å². The molecule has 8 atom stereocenters. The Hall–Kier alpha value is -2.30. The van der Waals surface area contributed by atoms with Gasteiger partial charge in [-0.2, -0.15) is 0 Å². The minimum atomic E-state index is -0.0820. The Bertz CT molecular complexity index is 955. The molecule has 1 aliphatic heterocycles. The van der Waals surface area contributed by atoms with Crippen molar-refractivity contribution in [2.24, 2.45) is 40.4 Å². The van der Waals surface area contributed by atoms with Crippen LogP contribution in [-0.2, 0) is 9.59 Å². The molecule has 3 fully saturated rings. The van der Waals surface area contributed by atoms with Crippen molar-refractivity contribution in [1.29, 1.82) is 0 Å². The van der Waals surface area contributed by atoms with E-state index in [4.69, 9.17) is 9.47 Å². The van der Waals surface area contributed by atoms with Crippen LogP contribution < -0.4 is 14.8 Å². The van der Waals surface area contributed by atoms with E-state index in [0.29, 0.717) is 29.4 Å². The average Bonchev–Trinajstić information content (AvgIpc) is 3.17. The molecule has 5 nitrogen and oxygen atoms in total. The van der Waals surface area contributed by atoms with Crippen molar-refractivity contribution >= 4 is 11.9 Å². The Morgan fingerprint density at radius 3 is 2.52 bits per heavy atom. The van der Waals surface area contributed by atoms with Crippen LogP contribution in [0, 0.1) is 40.4 Å². The SMILES string of the molecule is CC[C@H]1C[C@H]2NC(=O)C=C[C@]2(C)[C@H]2CC[C@]3(C)[C@@H](C(=O)Oc4ccc(OC)cc4)CC[C@H]3[C@H]12. The highest BCUT2D eigenvalue weighted by Gasteiger charge is 2.63. The second-order valence-corrected chi connectivity index (χ2v) is 11.2. The summed E-state index contributed by atoms with van der Waals surface area (Å²) >= 11 is 0. The second kappa shape index (κ2) is 8.18. The zero-order valence-electron chi connectivity index (χ0n) is 20.3. The maximum atomic E-state index is 13.4. The van der Waals surface area contributed by atoms with Gasteiger partial charge in [0.2, 0.25) is 5.91 Å². The topological polar surface area (TPSA) is 64.6 Å². The third-order valence-electron chi connectivity index (χ3n) is 9.96. The number of amides is 1. The third kappa shape index (κ3) is 3.50. The molecule has 1 N–H and O–H groups in total. The van der Waals surface area contributed by atoms with Crippen LogP contribution in [0.4, 0.5) is 0 Å². The highest BCUT2D eigenvalue weighted by molar-refractivity contribution is 5.89. The van der Waals surface area contributed by atoms with Gasteiger partial charge in [-0.15, -0.1) is 0 Å². The van der Waals surface area contributed by atoms with Gasteiger partial charge in [-0.3, -0.25) is 9.59 Å². The Labute approximate surface area is 197 Å². The van der Waals surface area contributed by atoms with Crippen molar-refractivity contribution < 1.29 is 19.1 Å². The number of rotatable bonds is 4. The van der Waals surface area contributed by atoms with E-state index in [2.05, 4.69) is 32.2 Å². The van der Waals surface area contributed by atoms with E-state index in [-0.39, 0.29) is 34.7 Å². The third-order valence-corrected chi connectivity index (χ3v) is 9.96. The summed E-state index contributed by atoms with van der Waals surface area (Å²) in [6.07, 6.45) is 10.3. The Morgan fingerprint density at radius 2 is 1.82 bits per heavy atom. The van der Waals surface area contributed by atoms with Gasteiger partial charge in [-0.1, -0.05) is 33.3 Å². The van der Waals surface area contributed by atoms with Crippen molar-refractivity contribution in [1.82, 2.24) is 5.32 Å². The number of benzene rings is 1. The van der Waals surface area contributed by atoms with Crippen LogP contribution in [0.2, 0.25) is 0 Å². The lowest BCUT2D eigenvalue weighted by molar-refractivity contribution is -0.149. The van der Waals surface area contributed by atoms with Gasteiger partial charge in [-0.25, -0.2) is 0 Å². The fourth-order valence-electron chi connectivity index (χ4n) is 8.14. The van der Waals surface area contributed by atoms with Crippen LogP contribution in [0.25, 0.3) is 0 Å². The van der Waals surface area contributed by atoms with Crippen LogP contribution in [0.3, 0.4) is 0 Å².